The highest BCUT2D eigenvalue weighted by molar-refractivity contribution is 6.31. The van der Waals surface area contributed by atoms with E-state index < -0.39 is 29.2 Å². The van der Waals surface area contributed by atoms with Crippen LogP contribution in [0, 0.1) is 11.7 Å². The molecule has 3 aromatic carbocycles. The summed E-state index contributed by atoms with van der Waals surface area (Å²) in [5.74, 6) is -1.62. The van der Waals surface area contributed by atoms with Gasteiger partial charge >= 0.3 is 5.97 Å². The van der Waals surface area contributed by atoms with Crippen molar-refractivity contribution in [2.45, 2.75) is 56.7 Å². The number of nitrogens with one attached hydrogen (secondary N) is 1. The molecule has 1 spiro atoms. The second-order valence-corrected chi connectivity index (χ2v) is 12.8. The molecular formula is C33H31Cl2FN4O4. The van der Waals surface area contributed by atoms with Gasteiger partial charge in [-0.25, -0.2) is 14.2 Å². The molecule has 44 heavy (non-hydrogen) atoms. The number of imidazole rings is 1. The minimum atomic E-state index is -1.24. The molecule has 4 heterocycles. The minimum absolute atomic E-state index is 0. The van der Waals surface area contributed by atoms with Gasteiger partial charge in [0.2, 0.25) is 5.91 Å². The average molecular weight is 638 g/mol. The van der Waals surface area contributed by atoms with Gasteiger partial charge in [0.05, 0.1) is 23.2 Å². The molecular weight excluding hydrogens is 606 g/mol. The number of carboxylic acid groups (broad SMARTS) is 1. The third-order valence-electron chi connectivity index (χ3n) is 9.81. The molecule has 228 valence electrons. The first-order chi connectivity index (χ1) is 20.7. The summed E-state index contributed by atoms with van der Waals surface area (Å²) in [5.41, 5.74) is 1.75. The first kappa shape index (κ1) is 29.1. The molecule has 1 aliphatic carbocycles. The van der Waals surface area contributed by atoms with Crippen LogP contribution in [0.1, 0.15) is 65.8 Å². The van der Waals surface area contributed by atoms with Crippen LogP contribution in [-0.4, -0.2) is 51.1 Å². The van der Waals surface area contributed by atoms with Crippen molar-refractivity contribution in [2.24, 2.45) is 5.92 Å². The Bertz CT molecular complexity index is 1870. The van der Waals surface area contributed by atoms with E-state index in [0.29, 0.717) is 53.0 Å². The molecule has 3 aliphatic heterocycles. The van der Waals surface area contributed by atoms with Gasteiger partial charge in [0, 0.05) is 53.3 Å². The van der Waals surface area contributed by atoms with E-state index in [4.69, 9.17) is 32.9 Å². The predicted octanol–water partition coefficient (Wildman–Crippen LogP) is 7.04. The molecule has 2 fully saturated rings. The lowest BCUT2D eigenvalue weighted by atomic mass is 9.70. The molecule has 11 heteroatoms. The van der Waals surface area contributed by atoms with Crippen LogP contribution in [0.15, 0.2) is 48.5 Å². The first-order valence-electron chi connectivity index (χ1n) is 14.4. The second kappa shape index (κ2) is 10.2. The van der Waals surface area contributed by atoms with Crippen LogP contribution in [-0.2, 0) is 16.9 Å². The van der Waals surface area contributed by atoms with Gasteiger partial charge < -0.3 is 19.7 Å². The maximum Gasteiger partial charge on any atom is 0.339 e. The number of anilines is 1. The Hall–Kier alpha value is -3.66. The number of amides is 1. The normalized spacial score (nSPS) is 25.4. The lowest BCUT2D eigenvalue weighted by Crippen LogP contribution is -2.53. The Morgan fingerprint density at radius 3 is 2.70 bits per heavy atom. The zero-order valence-corrected chi connectivity index (χ0v) is 24.6. The smallest absolute Gasteiger partial charge is 0.339 e. The first-order valence-corrected chi connectivity index (χ1v) is 15.1. The summed E-state index contributed by atoms with van der Waals surface area (Å²) in [5, 5.41) is 13.4. The molecule has 8 rings (SSSR count). The van der Waals surface area contributed by atoms with Crippen LogP contribution < -0.4 is 10.1 Å². The van der Waals surface area contributed by atoms with Gasteiger partial charge in [-0.15, -0.1) is 0 Å². The number of aromatic carboxylic acids is 1. The molecule has 1 aromatic heterocycles. The Morgan fingerprint density at radius 1 is 1.18 bits per heavy atom. The van der Waals surface area contributed by atoms with E-state index in [2.05, 4.69) is 14.8 Å². The van der Waals surface area contributed by atoms with Gasteiger partial charge in [-0.1, -0.05) is 48.8 Å². The van der Waals surface area contributed by atoms with Crippen LogP contribution in [0.3, 0.4) is 0 Å². The number of carboxylic acids is 1. The molecule has 0 unspecified atom stereocenters. The summed E-state index contributed by atoms with van der Waals surface area (Å²) >= 11 is 12.8. The third kappa shape index (κ3) is 3.88. The summed E-state index contributed by atoms with van der Waals surface area (Å²) in [6, 6.07) is 13.5. The highest BCUT2D eigenvalue weighted by Gasteiger charge is 2.69. The molecule has 8 nitrogen and oxygen atoms in total. The van der Waals surface area contributed by atoms with Crippen LogP contribution in [0.2, 0.25) is 10.0 Å². The van der Waals surface area contributed by atoms with Gasteiger partial charge in [0.25, 0.3) is 0 Å². The lowest BCUT2D eigenvalue weighted by molar-refractivity contribution is -0.128. The Kier molecular flexibility index (Phi) is 6.73. The summed E-state index contributed by atoms with van der Waals surface area (Å²) in [6.07, 6.45) is 2.84. The molecule has 1 amide bonds. The molecule has 4 aliphatic rings. The number of carbonyl (C=O) groups excluding carboxylic acids is 1. The van der Waals surface area contributed by atoms with Crippen LogP contribution >= 0.6 is 23.2 Å². The topological polar surface area (TPSA) is 96.7 Å². The maximum atomic E-state index is 16.2. The summed E-state index contributed by atoms with van der Waals surface area (Å²) in [4.78, 5) is 33.9. The summed E-state index contributed by atoms with van der Waals surface area (Å²) in [6.45, 7) is 1.28. The number of fused-ring (bicyclic) bond motifs is 7. The molecule has 4 aromatic rings. The Labute approximate surface area is 263 Å². The number of hydrogen-bond acceptors (Lipinski definition) is 5. The monoisotopic (exact) mass is 636 g/mol. The number of halogens is 3. The number of aromatic nitrogens is 2. The fourth-order valence-corrected chi connectivity index (χ4v) is 8.31. The van der Waals surface area contributed by atoms with Crippen molar-refractivity contribution in [1.82, 2.24) is 14.5 Å². The van der Waals surface area contributed by atoms with Gasteiger partial charge in [0.1, 0.15) is 28.5 Å². The van der Waals surface area contributed by atoms with Gasteiger partial charge in [-0.2, -0.15) is 0 Å². The molecule has 2 N–H and O–H groups in total. The highest BCUT2D eigenvalue weighted by Crippen LogP contribution is 2.64. The number of likely N-dealkylation sites (tertiary alicyclic amines) is 1. The van der Waals surface area contributed by atoms with Gasteiger partial charge in [-0.3, -0.25) is 9.69 Å². The number of rotatable bonds is 5. The van der Waals surface area contributed by atoms with Crippen molar-refractivity contribution in [3.05, 3.63) is 86.9 Å². The van der Waals surface area contributed by atoms with E-state index in [1.54, 1.807) is 30.3 Å². The number of aryl methyl sites for hydroxylation is 1. The average Bonchev–Trinajstić information content (AvgIpc) is 3.58. The van der Waals surface area contributed by atoms with Gasteiger partial charge in [0.15, 0.2) is 0 Å². The zero-order valence-electron chi connectivity index (χ0n) is 23.1. The van der Waals surface area contributed by atoms with E-state index >= 15 is 4.39 Å². The maximum absolute atomic E-state index is 16.2. The van der Waals surface area contributed by atoms with Crippen molar-refractivity contribution >= 4 is 51.8 Å². The van der Waals surface area contributed by atoms with E-state index in [-0.39, 0.29) is 35.7 Å². The van der Waals surface area contributed by atoms with Crippen molar-refractivity contribution in [3.8, 4) is 5.75 Å². The zero-order chi connectivity index (χ0) is 29.8. The number of benzene rings is 3. The Morgan fingerprint density at radius 2 is 1.98 bits per heavy atom. The number of carbonyl (C=O) groups is 2. The van der Waals surface area contributed by atoms with Crippen molar-refractivity contribution in [2.75, 3.05) is 19.0 Å². The molecule has 0 bridgehead atoms. The largest absolute Gasteiger partial charge is 0.496 e. The quantitative estimate of drug-likeness (QED) is 0.244. The van der Waals surface area contributed by atoms with Crippen LogP contribution in [0.25, 0.3) is 11.0 Å². The van der Waals surface area contributed by atoms with Crippen molar-refractivity contribution < 1.29 is 23.8 Å². The number of ether oxygens (including phenoxy) is 1. The van der Waals surface area contributed by atoms with E-state index in [1.807, 2.05) is 6.07 Å². The highest BCUT2D eigenvalue weighted by atomic mass is 35.5. The van der Waals surface area contributed by atoms with E-state index in [9.17, 15) is 14.7 Å². The SMILES string of the molecule is C.COc1cc2c(cc1C(=O)O)nc1n2CC[C@H]2[C@@H]1[C@H](c1cccc(Cl)c1F)[C@]1(C(=O)Nc3cc(Cl)ccc31)N2CC1CC1. The minimum Gasteiger partial charge on any atom is -0.496 e. The van der Waals surface area contributed by atoms with Crippen molar-refractivity contribution in [3.63, 3.8) is 0 Å². The van der Waals surface area contributed by atoms with E-state index in [1.165, 1.54) is 19.2 Å². The van der Waals surface area contributed by atoms with Gasteiger partial charge in [-0.05, 0) is 55.0 Å². The fraction of sp³-hybridized carbons (Fsp3) is 0.364. The molecule has 1 saturated heterocycles. The molecule has 1 saturated carbocycles. The standard InChI is InChI=1S/C32H27Cl2FN4O4.CH4/c1-43-25-13-24-22(12-18(25)30(40)41)36-29-26-23(9-10-38(24)29)39(14-15-5-6-15)32(27(26)17-3-2-4-20(34)28(17)35)19-8-7-16(33)11-21(19)37-31(32)42;/h2-4,7-8,11-13,15,23,26-27H,5-6,9-10,14H2,1H3,(H,37,42)(H,40,41);1H4/t23-,26+,27-,32+;/m0./s1. The second-order valence-electron chi connectivity index (χ2n) is 12.0. The fourth-order valence-electron chi connectivity index (χ4n) is 7.95. The van der Waals surface area contributed by atoms with Crippen LogP contribution in [0.5, 0.6) is 5.75 Å². The predicted molar refractivity (Wildman–Crippen MR) is 166 cm³/mol. The van der Waals surface area contributed by atoms with Crippen LogP contribution in [0.4, 0.5) is 10.1 Å². The summed E-state index contributed by atoms with van der Waals surface area (Å²) < 4.78 is 23.7. The number of methoxy groups -OCH3 is 1. The number of hydrogen-bond donors (Lipinski definition) is 2. The lowest BCUT2D eigenvalue weighted by Gasteiger charge is -2.40. The molecule has 0 radical (unpaired) electrons. The summed E-state index contributed by atoms with van der Waals surface area (Å²) in [7, 11) is 1.44. The van der Waals surface area contributed by atoms with Crippen molar-refractivity contribution in [1.29, 1.82) is 0 Å². The number of nitrogens with zero attached hydrogens (tertiary/aromatic N) is 3. The molecule has 4 atom stereocenters. The third-order valence-corrected chi connectivity index (χ3v) is 10.3. The van der Waals surface area contributed by atoms with E-state index in [0.717, 1.165) is 23.9 Å². The Balaban J connectivity index is 0.00000312.